The molecule has 1 aliphatic rings. The number of nitrogens with zero attached hydrogens (tertiary/aromatic N) is 5. The Balaban J connectivity index is 1.40. The molecule has 0 N–H and O–H groups in total. The second-order valence-electron chi connectivity index (χ2n) is 6.88. The highest BCUT2D eigenvalue weighted by atomic mass is 16.2. The summed E-state index contributed by atoms with van der Waals surface area (Å²) in [6.07, 6.45) is 6.22. The predicted molar refractivity (Wildman–Crippen MR) is 99.7 cm³/mol. The molecule has 6 nitrogen and oxygen atoms in total. The van der Waals surface area contributed by atoms with Crippen LogP contribution in [0.3, 0.4) is 0 Å². The van der Waals surface area contributed by atoms with Crippen LogP contribution < -0.4 is 0 Å². The number of carbonyl (C=O) groups is 1. The molecular formula is C20H23N5O. The number of imidazole rings is 1. The third kappa shape index (κ3) is 3.45. The van der Waals surface area contributed by atoms with Crippen molar-refractivity contribution in [2.24, 2.45) is 0 Å². The minimum absolute atomic E-state index is 0.207. The molecule has 0 bridgehead atoms. The van der Waals surface area contributed by atoms with Crippen molar-refractivity contribution in [2.45, 2.75) is 38.6 Å². The maximum absolute atomic E-state index is 12.7. The summed E-state index contributed by atoms with van der Waals surface area (Å²) in [6, 6.07) is 9.99. The summed E-state index contributed by atoms with van der Waals surface area (Å²) in [6.45, 7) is 4.15. The molecule has 3 heterocycles. The molecule has 0 spiro atoms. The van der Waals surface area contributed by atoms with Crippen molar-refractivity contribution in [3.8, 4) is 0 Å². The van der Waals surface area contributed by atoms with E-state index in [0.717, 1.165) is 48.5 Å². The normalized spacial score (nSPS) is 17.6. The summed E-state index contributed by atoms with van der Waals surface area (Å²) in [7, 11) is 0. The molecule has 4 rings (SSSR count). The SMILES string of the molecule is Cc1nccc([C@@H]2CCCN(C(=O)CCn3cnc4ccccc43)C2)n1. The van der Waals surface area contributed by atoms with Gasteiger partial charge in [0.15, 0.2) is 0 Å². The zero-order valence-electron chi connectivity index (χ0n) is 15.0. The van der Waals surface area contributed by atoms with Gasteiger partial charge in [0.2, 0.25) is 5.91 Å². The Bertz CT molecular complexity index is 919. The van der Waals surface area contributed by atoms with Gasteiger partial charge in [-0.1, -0.05) is 12.1 Å². The molecule has 3 aromatic rings. The van der Waals surface area contributed by atoms with Gasteiger partial charge in [0.25, 0.3) is 0 Å². The second kappa shape index (κ2) is 7.23. The number of fused-ring (bicyclic) bond motifs is 1. The third-order valence-corrected chi connectivity index (χ3v) is 5.08. The Morgan fingerprint density at radius 2 is 2.12 bits per heavy atom. The average molecular weight is 349 g/mol. The molecule has 26 heavy (non-hydrogen) atoms. The van der Waals surface area contributed by atoms with E-state index in [4.69, 9.17) is 0 Å². The maximum Gasteiger partial charge on any atom is 0.224 e. The van der Waals surface area contributed by atoms with Gasteiger partial charge >= 0.3 is 0 Å². The molecule has 0 saturated carbocycles. The lowest BCUT2D eigenvalue weighted by Crippen LogP contribution is -2.39. The van der Waals surface area contributed by atoms with Gasteiger partial charge in [0.05, 0.1) is 17.4 Å². The fourth-order valence-corrected chi connectivity index (χ4v) is 3.71. The smallest absolute Gasteiger partial charge is 0.224 e. The van der Waals surface area contributed by atoms with E-state index in [9.17, 15) is 4.79 Å². The lowest BCUT2D eigenvalue weighted by Gasteiger charge is -2.32. The zero-order valence-corrected chi connectivity index (χ0v) is 15.0. The molecule has 1 atom stereocenters. The quantitative estimate of drug-likeness (QED) is 0.726. The van der Waals surface area contributed by atoms with Gasteiger partial charge in [-0.15, -0.1) is 0 Å². The summed E-state index contributed by atoms with van der Waals surface area (Å²) in [5.41, 5.74) is 3.10. The summed E-state index contributed by atoms with van der Waals surface area (Å²) >= 11 is 0. The number of benzene rings is 1. The van der Waals surface area contributed by atoms with Crippen molar-refractivity contribution in [2.75, 3.05) is 13.1 Å². The van der Waals surface area contributed by atoms with Gasteiger partial charge in [-0.2, -0.15) is 0 Å². The van der Waals surface area contributed by atoms with Crippen molar-refractivity contribution in [3.63, 3.8) is 0 Å². The minimum Gasteiger partial charge on any atom is -0.342 e. The van der Waals surface area contributed by atoms with Gasteiger partial charge in [-0.3, -0.25) is 4.79 Å². The van der Waals surface area contributed by atoms with Gasteiger partial charge in [0.1, 0.15) is 5.82 Å². The van der Waals surface area contributed by atoms with Crippen LogP contribution in [-0.2, 0) is 11.3 Å². The van der Waals surface area contributed by atoms with Crippen molar-refractivity contribution >= 4 is 16.9 Å². The Hall–Kier alpha value is -2.76. The van der Waals surface area contributed by atoms with Crippen LogP contribution in [0.15, 0.2) is 42.9 Å². The Kier molecular flexibility index (Phi) is 4.65. The number of hydrogen-bond acceptors (Lipinski definition) is 4. The van der Waals surface area contributed by atoms with E-state index < -0.39 is 0 Å². The topological polar surface area (TPSA) is 63.9 Å². The molecule has 2 aromatic heterocycles. The molecule has 1 fully saturated rings. The van der Waals surface area contributed by atoms with E-state index in [1.54, 1.807) is 0 Å². The number of hydrogen-bond donors (Lipinski definition) is 0. The summed E-state index contributed by atoms with van der Waals surface area (Å²) in [4.78, 5) is 27.8. The van der Waals surface area contributed by atoms with Crippen LogP contribution in [0, 0.1) is 6.92 Å². The largest absolute Gasteiger partial charge is 0.342 e. The Labute approximate surface area is 152 Å². The van der Waals surface area contributed by atoms with Crippen LogP contribution in [0.4, 0.5) is 0 Å². The minimum atomic E-state index is 0.207. The fraction of sp³-hybridized carbons (Fsp3) is 0.400. The van der Waals surface area contributed by atoms with E-state index in [-0.39, 0.29) is 5.91 Å². The summed E-state index contributed by atoms with van der Waals surface area (Å²) in [5, 5.41) is 0. The van der Waals surface area contributed by atoms with Crippen LogP contribution in [-0.4, -0.2) is 43.4 Å². The summed E-state index contributed by atoms with van der Waals surface area (Å²) in [5.74, 6) is 1.31. The number of aryl methyl sites for hydroxylation is 2. The van der Waals surface area contributed by atoms with E-state index in [2.05, 4.69) is 19.5 Å². The highest BCUT2D eigenvalue weighted by Gasteiger charge is 2.25. The lowest BCUT2D eigenvalue weighted by atomic mass is 9.94. The van der Waals surface area contributed by atoms with Crippen molar-refractivity contribution < 1.29 is 4.79 Å². The number of piperidine rings is 1. The number of likely N-dealkylation sites (tertiary alicyclic amines) is 1. The zero-order chi connectivity index (χ0) is 17.9. The predicted octanol–water partition coefficient (Wildman–Crippen LogP) is 2.93. The highest BCUT2D eigenvalue weighted by Crippen LogP contribution is 2.26. The van der Waals surface area contributed by atoms with Gasteiger partial charge in [-0.05, 0) is 38.0 Å². The van der Waals surface area contributed by atoms with Crippen LogP contribution in [0.1, 0.15) is 36.7 Å². The van der Waals surface area contributed by atoms with Crippen LogP contribution in [0.5, 0.6) is 0 Å². The molecule has 6 heteroatoms. The van der Waals surface area contributed by atoms with E-state index in [1.165, 1.54) is 0 Å². The lowest BCUT2D eigenvalue weighted by molar-refractivity contribution is -0.132. The summed E-state index contributed by atoms with van der Waals surface area (Å²) < 4.78 is 2.06. The molecule has 1 saturated heterocycles. The third-order valence-electron chi connectivity index (χ3n) is 5.08. The van der Waals surface area contributed by atoms with Crippen LogP contribution in [0.2, 0.25) is 0 Å². The molecule has 0 unspecified atom stereocenters. The number of carbonyl (C=O) groups excluding carboxylic acids is 1. The van der Waals surface area contributed by atoms with Crippen LogP contribution in [0.25, 0.3) is 11.0 Å². The molecule has 1 aliphatic heterocycles. The first-order chi connectivity index (χ1) is 12.7. The van der Waals surface area contributed by atoms with E-state index in [1.807, 2.05) is 54.7 Å². The monoisotopic (exact) mass is 349 g/mol. The number of para-hydroxylation sites is 2. The van der Waals surface area contributed by atoms with Crippen LogP contribution >= 0.6 is 0 Å². The standard InChI is InChI=1S/C20H23N5O/c1-15-21-10-8-17(23-15)16-5-4-11-24(13-16)20(26)9-12-25-14-22-18-6-2-3-7-19(18)25/h2-3,6-8,10,14,16H,4-5,9,11-13H2,1H3/t16-/m1/s1. The molecule has 134 valence electrons. The molecule has 1 amide bonds. The van der Waals surface area contributed by atoms with Gasteiger partial charge < -0.3 is 9.47 Å². The first-order valence-electron chi connectivity index (χ1n) is 9.18. The molecular weight excluding hydrogens is 326 g/mol. The average Bonchev–Trinajstić information content (AvgIpc) is 3.09. The fourth-order valence-electron chi connectivity index (χ4n) is 3.71. The van der Waals surface area contributed by atoms with Crippen molar-refractivity contribution in [1.82, 2.24) is 24.4 Å². The molecule has 0 aliphatic carbocycles. The Morgan fingerprint density at radius 1 is 1.23 bits per heavy atom. The van der Waals surface area contributed by atoms with Crippen molar-refractivity contribution in [3.05, 3.63) is 54.4 Å². The number of amides is 1. The van der Waals surface area contributed by atoms with E-state index in [0.29, 0.717) is 18.9 Å². The van der Waals surface area contributed by atoms with Gasteiger partial charge in [-0.25, -0.2) is 15.0 Å². The second-order valence-corrected chi connectivity index (χ2v) is 6.88. The maximum atomic E-state index is 12.7. The molecule has 0 radical (unpaired) electrons. The van der Waals surface area contributed by atoms with Crippen molar-refractivity contribution in [1.29, 1.82) is 0 Å². The first-order valence-corrected chi connectivity index (χ1v) is 9.18. The first kappa shape index (κ1) is 16.7. The number of rotatable bonds is 4. The molecule has 1 aromatic carbocycles. The Morgan fingerprint density at radius 3 is 3.00 bits per heavy atom. The number of aromatic nitrogens is 4. The highest BCUT2D eigenvalue weighted by molar-refractivity contribution is 5.77. The van der Waals surface area contributed by atoms with E-state index >= 15 is 0 Å². The van der Waals surface area contributed by atoms with Gasteiger partial charge in [0, 0.05) is 43.9 Å².